The fourth-order valence-corrected chi connectivity index (χ4v) is 2.32. The van der Waals surface area contributed by atoms with Crippen molar-refractivity contribution in [3.05, 3.63) is 24.3 Å². The van der Waals surface area contributed by atoms with Gasteiger partial charge < -0.3 is 15.1 Å². The molecule has 1 aromatic rings. The van der Waals surface area contributed by atoms with Gasteiger partial charge in [0.15, 0.2) is 0 Å². The highest BCUT2D eigenvalue weighted by atomic mass is 16.4. The molecule has 0 aromatic heterocycles. The van der Waals surface area contributed by atoms with E-state index in [1.807, 2.05) is 0 Å². The van der Waals surface area contributed by atoms with Crippen molar-refractivity contribution in [3.8, 4) is 5.75 Å². The van der Waals surface area contributed by atoms with E-state index in [-0.39, 0.29) is 11.8 Å². The number of hydrogen-bond acceptors (Lipinski definition) is 3. The van der Waals surface area contributed by atoms with Gasteiger partial charge in [0, 0.05) is 18.8 Å². The molecule has 1 aromatic carbocycles. The van der Waals surface area contributed by atoms with Crippen molar-refractivity contribution in [1.82, 2.24) is 4.90 Å². The van der Waals surface area contributed by atoms with E-state index >= 15 is 0 Å². The zero-order chi connectivity index (χ0) is 14.7. The smallest absolute Gasteiger partial charge is 0.325 e. The third-order valence-corrected chi connectivity index (χ3v) is 3.38. The van der Waals surface area contributed by atoms with Crippen molar-refractivity contribution in [2.75, 3.05) is 24.5 Å². The number of rotatable bonds is 3. The molecule has 2 N–H and O–H groups in total. The molecule has 1 saturated heterocycles. The summed E-state index contributed by atoms with van der Waals surface area (Å²) in [5.74, 6) is -0.560. The molecule has 0 aliphatic carbocycles. The molecule has 6 nitrogen and oxygen atoms in total. The van der Waals surface area contributed by atoms with Crippen molar-refractivity contribution in [2.24, 2.45) is 5.92 Å². The maximum Gasteiger partial charge on any atom is 0.325 e. The Morgan fingerprint density at radius 3 is 2.50 bits per heavy atom. The van der Waals surface area contributed by atoms with Crippen molar-refractivity contribution in [3.63, 3.8) is 0 Å². The van der Waals surface area contributed by atoms with Crippen molar-refractivity contribution in [2.45, 2.75) is 13.3 Å². The Hall–Kier alpha value is -2.24. The number of aromatic hydroxyl groups is 1. The summed E-state index contributed by atoms with van der Waals surface area (Å²) in [5.41, 5.74) is 0.467. The Kier molecular flexibility index (Phi) is 4.12. The summed E-state index contributed by atoms with van der Waals surface area (Å²) in [7, 11) is 0. The van der Waals surface area contributed by atoms with Crippen LogP contribution in [0.25, 0.3) is 0 Å². The van der Waals surface area contributed by atoms with Gasteiger partial charge in [0.25, 0.3) is 0 Å². The number of benzene rings is 1. The van der Waals surface area contributed by atoms with Gasteiger partial charge in [0.2, 0.25) is 0 Å². The highest BCUT2D eigenvalue weighted by molar-refractivity contribution is 5.96. The normalized spacial score (nSPS) is 18.1. The van der Waals surface area contributed by atoms with Crippen molar-refractivity contribution in [1.29, 1.82) is 0 Å². The van der Waals surface area contributed by atoms with Gasteiger partial charge >= 0.3 is 12.0 Å². The second-order valence-electron chi connectivity index (χ2n) is 5.12. The lowest BCUT2D eigenvalue weighted by Gasteiger charge is -2.27. The van der Waals surface area contributed by atoms with Gasteiger partial charge in [-0.1, -0.05) is 6.92 Å². The van der Waals surface area contributed by atoms with Crippen LogP contribution in [0.1, 0.15) is 13.3 Å². The standard InChI is InChI=1S/C14H18N2O4/c1-10-6-7-15(8-10)14(20)16(9-13(18)19)11-2-4-12(17)5-3-11/h2-5,10,17H,6-9H2,1H3,(H,18,19). The zero-order valence-electron chi connectivity index (χ0n) is 11.3. The summed E-state index contributed by atoms with van der Waals surface area (Å²) in [4.78, 5) is 26.3. The number of carbonyl (C=O) groups is 2. The van der Waals surface area contributed by atoms with Crippen LogP contribution in [0.15, 0.2) is 24.3 Å². The molecule has 108 valence electrons. The second kappa shape index (κ2) is 5.81. The molecule has 1 unspecified atom stereocenters. The van der Waals surface area contributed by atoms with Crippen LogP contribution in [-0.2, 0) is 4.79 Å². The second-order valence-corrected chi connectivity index (χ2v) is 5.12. The molecule has 1 aliphatic heterocycles. The van der Waals surface area contributed by atoms with Crippen LogP contribution in [0, 0.1) is 5.92 Å². The van der Waals surface area contributed by atoms with Crippen molar-refractivity contribution < 1.29 is 19.8 Å². The summed E-state index contributed by atoms with van der Waals surface area (Å²) in [6.07, 6.45) is 0.933. The molecule has 0 bridgehead atoms. The fraction of sp³-hybridized carbons (Fsp3) is 0.429. The van der Waals surface area contributed by atoms with Gasteiger partial charge in [-0.25, -0.2) is 4.79 Å². The number of likely N-dealkylation sites (tertiary alicyclic amines) is 1. The van der Waals surface area contributed by atoms with E-state index in [9.17, 15) is 14.7 Å². The Morgan fingerprint density at radius 2 is 2.00 bits per heavy atom. The first-order valence-corrected chi connectivity index (χ1v) is 6.54. The lowest BCUT2D eigenvalue weighted by molar-refractivity contribution is -0.135. The minimum absolute atomic E-state index is 0.0752. The first kappa shape index (κ1) is 14.2. The molecule has 1 atom stereocenters. The number of aliphatic carboxylic acids is 1. The topological polar surface area (TPSA) is 81.1 Å². The lowest BCUT2D eigenvalue weighted by Crippen LogP contribution is -2.44. The van der Waals surface area contributed by atoms with Crippen LogP contribution in [0.5, 0.6) is 5.75 Å². The molecule has 0 saturated carbocycles. The molecular weight excluding hydrogens is 260 g/mol. The van der Waals surface area contributed by atoms with Gasteiger partial charge in [-0.05, 0) is 36.6 Å². The summed E-state index contributed by atoms with van der Waals surface area (Å²) in [6, 6.07) is 5.64. The number of anilines is 1. The maximum atomic E-state index is 12.4. The highest BCUT2D eigenvalue weighted by Gasteiger charge is 2.29. The summed E-state index contributed by atoms with van der Waals surface area (Å²) < 4.78 is 0. The zero-order valence-corrected chi connectivity index (χ0v) is 11.3. The van der Waals surface area contributed by atoms with Gasteiger partial charge in [0.05, 0.1) is 0 Å². The minimum Gasteiger partial charge on any atom is -0.508 e. The van der Waals surface area contributed by atoms with Crippen LogP contribution >= 0.6 is 0 Å². The van der Waals surface area contributed by atoms with Gasteiger partial charge in [0.1, 0.15) is 12.3 Å². The molecule has 1 aliphatic rings. The first-order chi connectivity index (χ1) is 9.47. The van der Waals surface area contributed by atoms with Gasteiger partial charge in [-0.15, -0.1) is 0 Å². The Balaban J connectivity index is 2.20. The molecule has 0 spiro atoms. The molecule has 1 heterocycles. The number of carbonyl (C=O) groups excluding carboxylic acids is 1. The monoisotopic (exact) mass is 278 g/mol. The SMILES string of the molecule is CC1CCN(C(=O)N(CC(=O)O)c2ccc(O)cc2)C1. The van der Waals surface area contributed by atoms with Crippen LogP contribution in [0.2, 0.25) is 0 Å². The Labute approximate surface area is 117 Å². The largest absolute Gasteiger partial charge is 0.508 e. The summed E-state index contributed by atoms with van der Waals surface area (Å²) in [5, 5.41) is 18.3. The third-order valence-electron chi connectivity index (χ3n) is 3.38. The maximum absolute atomic E-state index is 12.4. The molecule has 1 fully saturated rings. The summed E-state index contributed by atoms with van der Waals surface area (Å²) >= 11 is 0. The number of phenols is 1. The molecule has 2 amide bonds. The van der Waals surface area contributed by atoms with Crippen LogP contribution in [-0.4, -0.2) is 46.7 Å². The Morgan fingerprint density at radius 1 is 1.35 bits per heavy atom. The number of carboxylic acid groups (broad SMARTS) is 1. The average molecular weight is 278 g/mol. The molecule has 0 radical (unpaired) electrons. The number of amides is 2. The van der Waals surface area contributed by atoms with Gasteiger partial charge in [-0.2, -0.15) is 0 Å². The first-order valence-electron chi connectivity index (χ1n) is 6.54. The third kappa shape index (κ3) is 3.20. The molecule has 6 heteroatoms. The average Bonchev–Trinajstić information content (AvgIpc) is 2.83. The lowest BCUT2D eigenvalue weighted by atomic mass is 10.2. The predicted molar refractivity (Wildman–Crippen MR) is 73.8 cm³/mol. The van der Waals surface area contributed by atoms with E-state index in [1.165, 1.54) is 29.2 Å². The predicted octanol–water partition coefficient (Wildman–Crippen LogP) is 1.75. The molecule has 2 rings (SSSR count). The van der Waals surface area contributed by atoms with E-state index in [4.69, 9.17) is 5.11 Å². The van der Waals surface area contributed by atoms with Crippen LogP contribution in [0.4, 0.5) is 10.5 Å². The number of hydrogen-bond donors (Lipinski definition) is 2. The van der Waals surface area contributed by atoms with E-state index in [2.05, 4.69) is 6.92 Å². The van der Waals surface area contributed by atoms with E-state index in [1.54, 1.807) is 4.90 Å². The molecule has 20 heavy (non-hydrogen) atoms. The number of urea groups is 1. The number of nitrogens with zero attached hydrogens (tertiary/aromatic N) is 2. The van der Waals surface area contributed by atoms with Gasteiger partial charge in [-0.3, -0.25) is 9.69 Å². The Bertz CT molecular complexity index is 500. The minimum atomic E-state index is -1.07. The molecular formula is C14H18N2O4. The van der Waals surface area contributed by atoms with Crippen molar-refractivity contribution >= 4 is 17.7 Å². The van der Waals surface area contributed by atoms with Crippen LogP contribution < -0.4 is 4.90 Å². The van der Waals surface area contributed by atoms with E-state index in [0.29, 0.717) is 24.7 Å². The van der Waals surface area contributed by atoms with Crippen LogP contribution in [0.3, 0.4) is 0 Å². The highest BCUT2D eigenvalue weighted by Crippen LogP contribution is 2.22. The number of carboxylic acids is 1. The number of phenolic OH excluding ortho intramolecular Hbond substituents is 1. The van der Waals surface area contributed by atoms with E-state index in [0.717, 1.165) is 6.42 Å². The quantitative estimate of drug-likeness (QED) is 0.882. The summed E-state index contributed by atoms with van der Waals surface area (Å²) in [6.45, 7) is 2.96. The van der Waals surface area contributed by atoms with E-state index < -0.39 is 12.5 Å². The fourth-order valence-electron chi connectivity index (χ4n) is 2.32.